The lowest BCUT2D eigenvalue weighted by atomic mass is 10.1. The molecule has 3 saturated heterocycles. The van der Waals surface area contributed by atoms with Gasteiger partial charge in [0.15, 0.2) is 0 Å². The van der Waals surface area contributed by atoms with E-state index >= 15 is 0 Å². The quantitative estimate of drug-likeness (QED) is 0.112. The van der Waals surface area contributed by atoms with Crippen molar-refractivity contribution in [2.24, 2.45) is 0 Å². The Hall–Kier alpha value is -5.06. The smallest absolute Gasteiger partial charge is 0.0988 e. The van der Waals surface area contributed by atoms with Gasteiger partial charge in [-0.3, -0.25) is 14.7 Å². The zero-order valence-electron chi connectivity index (χ0n) is 41.3. The summed E-state index contributed by atoms with van der Waals surface area (Å²) in [6.07, 6.45) is 5.74. The minimum absolute atomic E-state index is 0.863. The van der Waals surface area contributed by atoms with Crippen LogP contribution in [-0.4, -0.2) is 165 Å². The first kappa shape index (κ1) is 47.0. The summed E-state index contributed by atoms with van der Waals surface area (Å²) in [6.45, 7) is 22.2. The van der Waals surface area contributed by atoms with Gasteiger partial charge in [-0.25, -0.2) is 9.97 Å². The summed E-state index contributed by atoms with van der Waals surface area (Å²) in [6, 6.07) is 30.8. The topological polar surface area (TPSA) is 91.6 Å². The number of pyridine rings is 2. The number of ether oxygens (including phenoxy) is 3. The van der Waals surface area contributed by atoms with Crippen LogP contribution in [0, 0.1) is 0 Å². The monoisotopic (exact) mass is 1020 g/mol. The molecule has 372 valence electrons. The number of rotatable bonds is 13. The van der Waals surface area contributed by atoms with Crippen LogP contribution in [0.2, 0.25) is 0 Å². The third-order valence-corrected chi connectivity index (χ3v) is 16.1. The van der Waals surface area contributed by atoms with E-state index in [0.29, 0.717) is 0 Å². The van der Waals surface area contributed by atoms with Gasteiger partial charge < -0.3 is 38.5 Å². The molecule has 14 heteroatoms. The Morgan fingerprint density at radius 2 is 0.930 bits per heavy atom. The number of aryl methyl sites for hydroxylation is 2. The summed E-state index contributed by atoms with van der Waals surface area (Å²) in [7, 11) is 0. The Morgan fingerprint density at radius 3 is 1.45 bits per heavy atom. The third kappa shape index (κ3) is 9.81. The van der Waals surface area contributed by atoms with Crippen molar-refractivity contribution in [1.82, 2.24) is 33.8 Å². The van der Waals surface area contributed by atoms with Crippen LogP contribution in [0.4, 0.5) is 17.1 Å². The molecule has 5 aliphatic rings. The number of halogens is 1. The van der Waals surface area contributed by atoms with Crippen molar-refractivity contribution in [3.05, 3.63) is 89.4 Å². The molecule has 13 rings (SSSR count). The van der Waals surface area contributed by atoms with Crippen LogP contribution in [0.1, 0.15) is 32.1 Å². The molecule has 4 aromatic heterocycles. The SMILES string of the molecule is Brc1ccc2nc3c4ccccc4n4c3c(c2c1)N(CCCN1CCOCC1)CCC4.c1ccc2c(c1)c1nc3ccc(NCCCN4CCOCC4)cc3c3c1n2CCCN3CCCN1CCOCC1. The van der Waals surface area contributed by atoms with Crippen molar-refractivity contribution in [2.45, 2.75) is 45.2 Å². The molecular formula is C57H69BrN10O3. The maximum Gasteiger partial charge on any atom is 0.0988 e. The molecule has 0 radical (unpaired) electrons. The highest BCUT2D eigenvalue weighted by Gasteiger charge is 2.27. The van der Waals surface area contributed by atoms with Gasteiger partial charge in [-0.15, -0.1) is 0 Å². The largest absolute Gasteiger partial charge is 0.385 e. The number of benzene rings is 4. The van der Waals surface area contributed by atoms with E-state index in [0.717, 1.165) is 197 Å². The fourth-order valence-electron chi connectivity index (χ4n) is 12.1. The van der Waals surface area contributed by atoms with Gasteiger partial charge >= 0.3 is 0 Å². The first-order chi connectivity index (χ1) is 35.1. The second kappa shape index (κ2) is 21.6. The van der Waals surface area contributed by atoms with Crippen LogP contribution in [0.25, 0.3) is 65.7 Å². The molecule has 0 spiro atoms. The second-order valence-corrected chi connectivity index (χ2v) is 21.0. The second-order valence-electron chi connectivity index (χ2n) is 20.1. The minimum atomic E-state index is 0.863. The number of nitrogens with one attached hydrogen (secondary N) is 1. The van der Waals surface area contributed by atoms with E-state index in [-0.39, 0.29) is 0 Å². The highest BCUT2D eigenvalue weighted by Crippen LogP contribution is 2.43. The van der Waals surface area contributed by atoms with Crippen molar-refractivity contribution >= 4 is 98.7 Å². The Morgan fingerprint density at radius 1 is 0.465 bits per heavy atom. The van der Waals surface area contributed by atoms with Gasteiger partial charge in [0.25, 0.3) is 0 Å². The fraction of sp³-hybridized carbons (Fsp3) is 0.474. The molecule has 13 nitrogen and oxygen atoms in total. The van der Waals surface area contributed by atoms with Crippen molar-refractivity contribution in [3.8, 4) is 0 Å². The van der Waals surface area contributed by atoms with Gasteiger partial charge in [0.2, 0.25) is 0 Å². The highest BCUT2D eigenvalue weighted by atomic mass is 79.9. The standard InChI is InChI=1S/C32H42N6O2.C25H27BrN4O/c1-2-7-29-26(6-1)30-32-31(37(14-5-15-38(29)32)13-4-12-36-18-22-40-23-19-36)27-24-25(8-9-28(27)34-30)33-10-3-11-35-16-20-39-21-17-35;26-18-7-8-21-20(17-18)24-25-23(27-21)19-5-1-2-6-22(19)30(25)12-4-11-29(24)10-3-9-28-13-15-31-16-14-28/h1-2,6-9,24,33H,3-5,10-23H2;1-2,5-8,17H,3-4,9-16H2. The van der Waals surface area contributed by atoms with Gasteiger partial charge in [-0.05, 0) is 87.2 Å². The Labute approximate surface area is 425 Å². The maximum absolute atomic E-state index is 5.57. The van der Waals surface area contributed by atoms with Crippen LogP contribution < -0.4 is 15.1 Å². The van der Waals surface area contributed by atoms with Gasteiger partial charge in [0, 0.05) is 130 Å². The van der Waals surface area contributed by atoms with E-state index in [4.69, 9.17) is 24.2 Å². The van der Waals surface area contributed by atoms with Crippen LogP contribution in [-0.2, 0) is 27.3 Å². The lowest BCUT2D eigenvalue weighted by Gasteiger charge is -2.29. The molecule has 0 amide bonds. The lowest BCUT2D eigenvalue weighted by molar-refractivity contribution is 0.0376. The molecule has 3 fully saturated rings. The first-order valence-electron chi connectivity index (χ1n) is 26.6. The number of nitrogens with zero attached hydrogens (tertiary/aromatic N) is 9. The van der Waals surface area contributed by atoms with Crippen LogP contribution >= 0.6 is 15.9 Å². The molecule has 8 aromatic rings. The highest BCUT2D eigenvalue weighted by molar-refractivity contribution is 9.10. The number of aromatic nitrogens is 4. The Bertz CT molecular complexity index is 3140. The van der Waals surface area contributed by atoms with Crippen LogP contribution in [0.5, 0.6) is 0 Å². The molecule has 4 aromatic carbocycles. The molecule has 0 atom stereocenters. The summed E-state index contributed by atoms with van der Waals surface area (Å²) < 4.78 is 22.7. The van der Waals surface area contributed by atoms with E-state index in [1.165, 1.54) is 67.1 Å². The van der Waals surface area contributed by atoms with Crippen LogP contribution in [0.15, 0.2) is 89.4 Å². The lowest BCUT2D eigenvalue weighted by Crippen LogP contribution is -2.38. The Kier molecular flexibility index (Phi) is 14.3. The number of hydrogen-bond acceptors (Lipinski definition) is 11. The van der Waals surface area contributed by atoms with E-state index in [9.17, 15) is 0 Å². The molecule has 0 bridgehead atoms. The predicted molar refractivity (Wildman–Crippen MR) is 295 cm³/mol. The van der Waals surface area contributed by atoms with Crippen molar-refractivity contribution < 1.29 is 14.2 Å². The minimum Gasteiger partial charge on any atom is -0.385 e. The summed E-state index contributed by atoms with van der Waals surface area (Å²) in [5, 5.41) is 8.77. The van der Waals surface area contributed by atoms with Crippen molar-refractivity contribution in [3.63, 3.8) is 0 Å². The van der Waals surface area contributed by atoms with E-state index in [1.807, 2.05) is 0 Å². The summed E-state index contributed by atoms with van der Waals surface area (Å²) in [5.41, 5.74) is 13.6. The number of fused-ring (bicyclic) bond motifs is 10. The van der Waals surface area contributed by atoms with Gasteiger partial charge in [-0.2, -0.15) is 0 Å². The van der Waals surface area contributed by atoms with Crippen molar-refractivity contribution in [1.29, 1.82) is 0 Å². The molecule has 0 unspecified atom stereocenters. The summed E-state index contributed by atoms with van der Waals surface area (Å²) in [5.74, 6) is 0. The maximum atomic E-state index is 5.57. The van der Waals surface area contributed by atoms with Crippen LogP contribution in [0.3, 0.4) is 0 Å². The predicted octanol–water partition coefficient (Wildman–Crippen LogP) is 9.45. The van der Waals surface area contributed by atoms with E-state index in [2.05, 4.69) is 140 Å². The molecule has 71 heavy (non-hydrogen) atoms. The zero-order valence-corrected chi connectivity index (χ0v) is 42.9. The molecule has 9 heterocycles. The molecule has 5 aliphatic heterocycles. The number of anilines is 3. The first-order valence-corrected chi connectivity index (χ1v) is 27.4. The van der Waals surface area contributed by atoms with Gasteiger partial charge in [-0.1, -0.05) is 52.3 Å². The molecule has 1 N–H and O–H groups in total. The number of hydrogen-bond donors (Lipinski definition) is 1. The summed E-state index contributed by atoms with van der Waals surface area (Å²) >= 11 is 3.70. The normalized spacial score (nSPS) is 18.4. The van der Waals surface area contributed by atoms with Gasteiger partial charge in [0.05, 0.1) is 95.1 Å². The average molecular weight is 1020 g/mol. The van der Waals surface area contributed by atoms with E-state index in [1.54, 1.807) is 0 Å². The summed E-state index contributed by atoms with van der Waals surface area (Å²) in [4.78, 5) is 23.3. The van der Waals surface area contributed by atoms with E-state index < -0.39 is 0 Å². The fourth-order valence-corrected chi connectivity index (χ4v) is 12.5. The number of morpholine rings is 3. The molecule has 0 aliphatic carbocycles. The Balaban J connectivity index is 0.000000150. The molecule has 0 saturated carbocycles. The average Bonchev–Trinajstić information content (AvgIpc) is 3.70. The zero-order chi connectivity index (χ0) is 47.5. The van der Waals surface area contributed by atoms with Gasteiger partial charge in [0.1, 0.15) is 0 Å². The molecular weight excluding hydrogens is 953 g/mol. The third-order valence-electron chi connectivity index (χ3n) is 15.6. The number of para-hydroxylation sites is 2. The van der Waals surface area contributed by atoms with Crippen molar-refractivity contribution in [2.75, 3.05) is 146 Å².